The van der Waals surface area contributed by atoms with Crippen molar-refractivity contribution in [1.82, 2.24) is 5.43 Å². The average molecular weight is 335 g/mol. The van der Waals surface area contributed by atoms with Crippen molar-refractivity contribution in [2.45, 2.75) is 18.4 Å². The molecule has 0 bridgehead atoms. The Kier molecular flexibility index (Phi) is 3.87. The zero-order valence-electron chi connectivity index (χ0n) is 10.9. The van der Waals surface area contributed by atoms with Gasteiger partial charge >= 0.3 is 0 Å². The van der Waals surface area contributed by atoms with Crippen LogP contribution >= 0.6 is 15.9 Å². The van der Waals surface area contributed by atoms with Gasteiger partial charge in [-0.1, -0.05) is 36.4 Å². The lowest BCUT2D eigenvalue weighted by Crippen LogP contribution is -2.30. The van der Waals surface area contributed by atoms with Crippen molar-refractivity contribution in [2.75, 3.05) is 0 Å². The quantitative estimate of drug-likeness (QED) is 0.657. The van der Waals surface area contributed by atoms with Crippen LogP contribution in [-0.2, 0) is 0 Å². The van der Waals surface area contributed by atoms with E-state index in [1.165, 1.54) is 5.56 Å². The molecular formula is C16H16BrFN2. The Balaban J connectivity index is 1.80. The molecule has 4 heteroatoms. The molecule has 1 saturated carbocycles. The lowest BCUT2D eigenvalue weighted by molar-refractivity contribution is 0.483. The normalized spacial score (nSPS) is 22.6. The highest BCUT2D eigenvalue weighted by atomic mass is 79.9. The summed E-state index contributed by atoms with van der Waals surface area (Å²) in [6.45, 7) is 0. The SMILES string of the molecule is NNC(c1ccc(Br)c(F)c1)C1CC1c1ccccc1. The van der Waals surface area contributed by atoms with Crippen LogP contribution in [0.15, 0.2) is 53.0 Å². The van der Waals surface area contributed by atoms with Gasteiger partial charge in [-0.15, -0.1) is 0 Å². The maximum atomic E-state index is 13.7. The molecule has 0 spiro atoms. The highest BCUT2D eigenvalue weighted by molar-refractivity contribution is 9.10. The van der Waals surface area contributed by atoms with Gasteiger partial charge in [-0.2, -0.15) is 0 Å². The van der Waals surface area contributed by atoms with Gasteiger partial charge in [0.1, 0.15) is 5.82 Å². The Labute approximate surface area is 126 Å². The Hall–Kier alpha value is -1.23. The van der Waals surface area contributed by atoms with Crippen molar-refractivity contribution in [3.63, 3.8) is 0 Å². The molecule has 1 aliphatic rings. The molecule has 20 heavy (non-hydrogen) atoms. The maximum Gasteiger partial charge on any atom is 0.137 e. The number of hydrazine groups is 1. The fourth-order valence-electron chi connectivity index (χ4n) is 2.84. The molecule has 0 radical (unpaired) electrons. The van der Waals surface area contributed by atoms with Crippen molar-refractivity contribution in [2.24, 2.45) is 11.8 Å². The van der Waals surface area contributed by atoms with Crippen molar-refractivity contribution in [3.05, 3.63) is 69.9 Å². The lowest BCUT2D eigenvalue weighted by atomic mass is 9.99. The first-order valence-electron chi connectivity index (χ1n) is 6.66. The van der Waals surface area contributed by atoms with Crippen molar-refractivity contribution < 1.29 is 4.39 Å². The van der Waals surface area contributed by atoms with Crippen molar-refractivity contribution >= 4 is 15.9 Å². The molecule has 0 aliphatic heterocycles. The van der Waals surface area contributed by atoms with Crippen LogP contribution < -0.4 is 11.3 Å². The average Bonchev–Trinajstić information content (AvgIpc) is 3.25. The largest absolute Gasteiger partial charge is 0.271 e. The molecule has 1 aliphatic carbocycles. The van der Waals surface area contributed by atoms with E-state index in [1.54, 1.807) is 12.1 Å². The third kappa shape index (κ3) is 2.64. The topological polar surface area (TPSA) is 38.0 Å². The number of nitrogens with one attached hydrogen (secondary N) is 1. The summed E-state index contributed by atoms with van der Waals surface area (Å²) in [6.07, 6.45) is 1.08. The van der Waals surface area contributed by atoms with Crippen LogP contribution in [0.3, 0.4) is 0 Å². The molecule has 2 aromatic carbocycles. The molecule has 3 atom stereocenters. The number of nitrogens with two attached hydrogens (primary N) is 1. The minimum absolute atomic E-state index is 0.0113. The van der Waals surface area contributed by atoms with Gasteiger partial charge in [-0.3, -0.25) is 11.3 Å². The first kappa shape index (κ1) is 13.7. The second-order valence-corrected chi connectivity index (χ2v) is 6.09. The molecule has 0 saturated heterocycles. The van der Waals surface area contributed by atoms with E-state index in [-0.39, 0.29) is 11.9 Å². The summed E-state index contributed by atoms with van der Waals surface area (Å²) in [6, 6.07) is 15.6. The zero-order valence-corrected chi connectivity index (χ0v) is 12.5. The zero-order chi connectivity index (χ0) is 14.1. The summed E-state index contributed by atoms with van der Waals surface area (Å²) in [5.74, 6) is 6.36. The van der Waals surface area contributed by atoms with E-state index in [9.17, 15) is 4.39 Å². The van der Waals surface area contributed by atoms with Gasteiger partial charge < -0.3 is 0 Å². The number of hydrogen-bond donors (Lipinski definition) is 2. The number of halogens is 2. The fraction of sp³-hybridized carbons (Fsp3) is 0.250. The molecule has 3 N–H and O–H groups in total. The molecule has 1 fully saturated rings. The highest BCUT2D eigenvalue weighted by Crippen LogP contribution is 2.53. The van der Waals surface area contributed by atoms with Gasteiger partial charge in [0.05, 0.1) is 4.47 Å². The van der Waals surface area contributed by atoms with Gasteiger partial charge in [-0.05, 0) is 57.4 Å². The summed E-state index contributed by atoms with van der Waals surface area (Å²) in [4.78, 5) is 0. The minimum Gasteiger partial charge on any atom is -0.271 e. The number of rotatable bonds is 4. The predicted molar refractivity (Wildman–Crippen MR) is 81.5 cm³/mol. The third-order valence-corrected chi connectivity index (χ3v) is 4.62. The summed E-state index contributed by atoms with van der Waals surface area (Å²) in [5.41, 5.74) is 5.07. The predicted octanol–water partition coefficient (Wildman–Crippen LogP) is 3.90. The van der Waals surface area contributed by atoms with E-state index in [0.29, 0.717) is 16.3 Å². The second-order valence-electron chi connectivity index (χ2n) is 5.23. The monoisotopic (exact) mass is 334 g/mol. The molecular weight excluding hydrogens is 319 g/mol. The van der Waals surface area contributed by atoms with Crippen molar-refractivity contribution in [1.29, 1.82) is 0 Å². The van der Waals surface area contributed by atoms with E-state index >= 15 is 0 Å². The summed E-state index contributed by atoms with van der Waals surface area (Å²) in [5, 5.41) is 0. The lowest BCUT2D eigenvalue weighted by Gasteiger charge is -2.17. The molecule has 3 rings (SSSR count). The molecule has 0 heterocycles. The van der Waals surface area contributed by atoms with Crippen LogP contribution in [0.2, 0.25) is 0 Å². The number of hydrogen-bond acceptors (Lipinski definition) is 2. The van der Waals surface area contributed by atoms with Crippen LogP contribution in [0.25, 0.3) is 0 Å². The van der Waals surface area contributed by atoms with Crippen LogP contribution in [0, 0.1) is 11.7 Å². The van der Waals surface area contributed by atoms with Gasteiger partial charge in [0, 0.05) is 6.04 Å². The van der Waals surface area contributed by atoms with Gasteiger partial charge in [0.15, 0.2) is 0 Å². The van der Waals surface area contributed by atoms with E-state index in [1.807, 2.05) is 12.1 Å². The summed E-state index contributed by atoms with van der Waals surface area (Å²) in [7, 11) is 0. The molecule has 2 nitrogen and oxygen atoms in total. The standard InChI is InChI=1S/C16H16BrFN2/c17-14-7-6-11(8-15(14)18)16(20-19)13-9-12(13)10-4-2-1-3-5-10/h1-8,12-13,16,20H,9,19H2. The fourth-order valence-corrected chi connectivity index (χ4v) is 3.09. The van der Waals surface area contributed by atoms with Crippen LogP contribution in [-0.4, -0.2) is 0 Å². The second kappa shape index (κ2) is 5.64. The molecule has 3 unspecified atom stereocenters. The van der Waals surface area contributed by atoms with Gasteiger partial charge in [-0.25, -0.2) is 4.39 Å². The number of benzene rings is 2. The molecule has 0 amide bonds. The summed E-state index contributed by atoms with van der Waals surface area (Å²) >= 11 is 3.17. The van der Waals surface area contributed by atoms with E-state index in [4.69, 9.17) is 5.84 Å². The van der Waals surface area contributed by atoms with Crippen LogP contribution in [0.4, 0.5) is 4.39 Å². The molecule has 104 valence electrons. The third-order valence-electron chi connectivity index (χ3n) is 3.98. The highest BCUT2D eigenvalue weighted by Gasteiger charge is 2.44. The van der Waals surface area contributed by atoms with E-state index < -0.39 is 0 Å². The van der Waals surface area contributed by atoms with E-state index in [2.05, 4.69) is 45.6 Å². The Morgan fingerprint density at radius 1 is 1.20 bits per heavy atom. The first-order valence-corrected chi connectivity index (χ1v) is 7.46. The molecule has 0 aromatic heterocycles. The Morgan fingerprint density at radius 3 is 2.60 bits per heavy atom. The maximum absolute atomic E-state index is 13.7. The Morgan fingerprint density at radius 2 is 1.95 bits per heavy atom. The van der Waals surface area contributed by atoms with Gasteiger partial charge in [0.2, 0.25) is 0 Å². The van der Waals surface area contributed by atoms with Crippen LogP contribution in [0.5, 0.6) is 0 Å². The first-order chi connectivity index (χ1) is 9.70. The minimum atomic E-state index is -0.250. The smallest absolute Gasteiger partial charge is 0.137 e. The van der Waals surface area contributed by atoms with Crippen molar-refractivity contribution in [3.8, 4) is 0 Å². The van der Waals surface area contributed by atoms with E-state index in [0.717, 1.165) is 12.0 Å². The Bertz CT molecular complexity index is 603. The molecule has 2 aromatic rings. The summed E-state index contributed by atoms with van der Waals surface area (Å²) < 4.78 is 14.1. The van der Waals surface area contributed by atoms with Crippen LogP contribution in [0.1, 0.15) is 29.5 Å². The van der Waals surface area contributed by atoms with Gasteiger partial charge in [0.25, 0.3) is 0 Å².